The highest BCUT2D eigenvalue weighted by Gasteiger charge is 2.09. The monoisotopic (exact) mass is 345 g/mol. The number of para-hydroxylation sites is 2. The molecule has 2 aromatic carbocycles. The Hall–Kier alpha value is -2.30. The van der Waals surface area contributed by atoms with E-state index in [0.29, 0.717) is 21.4 Å². The van der Waals surface area contributed by atoms with Gasteiger partial charge in [0, 0.05) is 11.6 Å². The number of pyridine rings is 1. The van der Waals surface area contributed by atoms with Gasteiger partial charge in [-0.25, -0.2) is 0 Å². The molecule has 0 bridgehead atoms. The van der Waals surface area contributed by atoms with E-state index >= 15 is 0 Å². The Morgan fingerprint density at radius 1 is 1.00 bits per heavy atom. The molecule has 0 saturated heterocycles. The van der Waals surface area contributed by atoms with E-state index in [4.69, 9.17) is 23.2 Å². The first-order chi connectivity index (χ1) is 11.1. The quantitative estimate of drug-likeness (QED) is 0.726. The topological polar surface area (TPSA) is 54.0 Å². The number of nitrogens with one attached hydrogen (secondary N) is 2. The number of halogens is 2. The van der Waals surface area contributed by atoms with Gasteiger partial charge in [0.1, 0.15) is 0 Å². The van der Waals surface area contributed by atoms with E-state index in [-0.39, 0.29) is 12.5 Å². The second-order valence-electron chi connectivity index (χ2n) is 4.88. The fraction of sp³-hybridized carbons (Fsp3) is 0.0588. The van der Waals surface area contributed by atoms with Gasteiger partial charge < -0.3 is 10.6 Å². The van der Waals surface area contributed by atoms with Crippen LogP contribution in [0.4, 0.5) is 11.4 Å². The van der Waals surface area contributed by atoms with Crippen molar-refractivity contribution in [1.29, 1.82) is 0 Å². The van der Waals surface area contributed by atoms with Gasteiger partial charge in [0.25, 0.3) is 0 Å². The Bertz CT molecular complexity index is 842. The van der Waals surface area contributed by atoms with Gasteiger partial charge >= 0.3 is 0 Å². The molecule has 3 aromatic rings. The van der Waals surface area contributed by atoms with Crippen molar-refractivity contribution >= 4 is 51.4 Å². The summed E-state index contributed by atoms with van der Waals surface area (Å²) in [5.41, 5.74) is 1.96. The van der Waals surface area contributed by atoms with Crippen molar-refractivity contribution in [3.05, 3.63) is 64.8 Å². The standard InChI is InChI=1S/C17H13Cl2N3O/c18-12-6-2-7-13(19)17(12)21-10-15(23)22-14-8-1-4-11-5-3-9-20-16(11)14/h1-9,21H,10H2,(H,22,23). The van der Waals surface area contributed by atoms with Crippen molar-refractivity contribution in [3.8, 4) is 0 Å². The smallest absolute Gasteiger partial charge is 0.243 e. The van der Waals surface area contributed by atoms with Crippen LogP contribution in [0.2, 0.25) is 10.0 Å². The Balaban J connectivity index is 1.72. The average Bonchev–Trinajstić information content (AvgIpc) is 2.55. The summed E-state index contributed by atoms with van der Waals surface area (Å²) in [6.07, 6.45) is 1.69. The number of fused-ring (bicyclic) bond motifs is 1. The molecule has 1 amide bonds. The number of hydrogen-bond acceptors (Lipinski definition) is 3. The third-order valence-corrected chi connectivity index (χ3v) is 3.93. The van der Waals surface area contributed by atoms with Gasteiger partial charge in [0.2, 0.25) is 5.91 Å². The van der Waals surface area contributed by atoms with Crippen LogP contribution in [0.25, 0.3) is 10.9 Å². The van der Waals surface area contributed by atoms with Crippen molar-refractivity contribution in [3.63, 3.8) is 0 Å². The highest BCUT2D eigenvalue weighted by molar-refractivity contribution is 6.39. The third kappa shape index (κ3) is 3.55. The summed E-state index contributed by atoms with van der Waals surface area (Å²) in [5, 5.41) is 7.70. The van der Waals surface area contributed by atoms with Crippen LogP contribution in [0, 0.1) is 0 Å². The first kappa shape index (κ1) is 15.6. The molecular weight excluding hydrogens is 333 g/mol. The van der Waals surface area contributed by atoms with Crippen molar-refractivity contribution in [2.75, 3.05) is 17.2 Å². The maximum absolute atomic E-state index is 12.2. The number of anilines is 2. The summed E-state index contributed by atoms with van der Waals surface area (Å²) in [5.74, 6) is -0.209. The van der Waals surface area contributed by atoms with Crippen molar-refractivity contribution in [2.45, 2.75) is 0 Å². The summed E-state index contributed by atoms with van der Waals surface area (Å²) in [6, 6.07) is 14.6. The lowest BCUT2D eigenvalue weighted by Gasteiger charge is -2.11. The minimum Gasteiger partial charge on any atom is -0.374 e. The zero-order chi connectivity index (χ0) is 16.2. The van der Waals surface area contributed by atoms with E-state index in [2.05, 4.69) is 15.6 Å². The molecule has 0 saturated carbocycles. The maximum atomic E-state index is 12.2. The summed E-state index contributed by atoms with van der Waals surface area (Å²) in [4.78, 5) is 16.5. The molecule has 3 rings (SSSR count). The van der Waals surface area contributed by atoms with E-state index in [0.717, 1.165) is 10.9 Å². The molecule has 0 unspecified atom stereocenters. The molecule has 6 heteroatoms. The molecule has 0 spiro atoms. The summed E-state index contributed by atoms with van der Waals surface area (Å²) < 4.78 is 0. The van der Waals surface area contributed by atoms with E-state index < -0.39 is 0 Å². The molecule has 0 aliphatic rings. The Morgan fingerprint density at radius 2 is 1.70 bits per heavy atom. The lowest BCUT2D eigenvalue weighted by molar-refractivity contribution is -0.114. The Kier molecular flexibility index (Phi) is 4.65. The first-order valence-electron chi connectivity index (χ1n) is 6.96. The van der Waals surface area contributed by atoms with Crippen LogP contribution in [0.5, 0.6) is 0 Å². The first-order valence-corrected chi connectivity index (χ1v) is 7.72. The fourth-order valence-corrected chi connectivity index (χ4v) is 2.77. The zero-order valence-electron chi connectivity index (χ0n) is 12.0. The molecule has 0 radical (unpaired) electrons. The number of hydrogen-bond donors (Lipinski definition) is 2. The zero-order valence-corrected chi connectivity index (χ0v) is 13.5. The van der Waals surface area contributed by atoms with E-state index in [1.54, 1.807) is 24.4 Å². The average molecular weight is 346 g/mol. The predicted octanol–water partition coefficient (Wildman–Crippen LogP) is 4.59. The number of carbonyl (C=O) groups is 1. The van der Waals surface area contributed by atoms with Gasteiger partial charge in [-0.2, -0.15) is 0 Å². The number of rotatable bonds is 4. The largest absolute Gasteiger partial charge is 0.374 e. The van der Waals surface area contributed by atoms with Gasteiger partial charge in [0.05, 0.1) is 33.5 Å². The summed E-state index contributed by atoms with van der Waals surface area (Å²) >= 11 is 12.1. The van der Waals surface area contributed by atoms with E-state index in [1.165, 1.54) is 0 Å². The molecule has 0 aliphatic carbocycles. The van der Waals surface area contributed by atoms with Crippen LogP contribution >= 0.6 is 23.2 Å². The molecule has 0 fully saturated rings. The molecule has 23 heavy (non-hydrogen) atoms. The van der Waals surface area contributed by atoms with Gasteiger partial charge in [-0.05, 0) is 24.3 Å². The van der Waals surface area contributed by atoms with Gasteiger partial charge in [0.15, 0.2) is 0 Å². The van der Waals surface area contributed by atoms with Crippen molar-refractivity contribution in [1.82, 2.24) is 4.98 Å². The van der Waals surface area contributed by atoms with Crippen LogP contribution in [-0.4, -0.2) is 17.4 Å². The number of amides is 1. The molecule has 1 aromatic heterocycles. The van der Waals surface area contributed by atoms with Gasteiger partial charge in [-0.1, -0.05) is 47.5 Å². The van der Waals surface area contributed by atoms with Crippen LogP contribution in [0.1, 0.15) is 0 Å². The molecule has 0 aliphatic heterocycles. The molecule has 4 nitrogen and oxygen atoms in total. The molecular formula is C17H13Cl2N3O. The highest BCUT2D eigenvalue weighted by atomic mass is 35.5. The molecule has 0 atom stereocenters. The number of carbonyl (C=O) groups excluding carboxylic acids is 1. The Morgan fingerprint density at radius 3 is 2.48 bits per heavy atom. The van der Waals surface area contributed by atoms with Crippen molar-refractivity contribution < 1.29 is 4.79 Å². The van der Waals surface area contributed by atoms with Crippen LogP contribution in [0.15, 0.2) is 54.7 Å². The number of aromatic nitrogens is 1. The molecule has 1 heterocycles. The predicted molar refractivity (Wildman–Crippen MR) is 95.3 cm³/mol. The lowest BCUT2D eigenvalue weighted by Crippen LogP contribution is -2.22. The maximum Gasteiger partial charge on any atom is 0.243 e. The van der Waals surface area contributed by atoms with Gasteiger partial charge in [-0.3, -0.25) is 9.78 Å². The third-order valence-electron chi connectivity index (χ3n) is 3.30. The summed E-state index contributed by atoms with van der Waals surface area (Å²) in [7, 11) is 0. The minimum atomic E-state index is -0.209. The van der Waals surface area contributed by atoms with Crippen LogP contribution in [-0.2, 0) is 4.79 Å². The van der Waals surface area contributed by atoms with Crippen LogP contribution in [0.3, 0.4) is 0 Å². The number of benzene rings is 2. The van der Waals surface area contributed by atoms with E-state index in [1.807, 2.05) is 30.3 Å². The SMILES string of the molecule is O=C(CNc1c(Cl)cccc1Cl)Nc1cccc2cccnc12. The van der Waals surface area contributed by atoms with Crippen LogP contribution < -0.4 is 10.6 Å². The Labute approximate surface area is 143 Å². The highest BCUT2D eigenvalue weighted by Crippen LogP contribution is 2.29. The lowest BCUT2D eigenvalue weighted by atomic mass is 10.2. The fourth-order valence-electron chi connectivity index (χ4n) is 2.23. The molecule has 116 valence electrons. The number of nitrogens with zero attached hydrogens (tertiary/aromatic N) is 1. The summed E-state index contributed by atoms with van der Waals surface area (Å²) in [6.45, 7) is 0.0483. The molecule has 2 N–H and O–H groups in total. The van der Waals surface area contributed by atoms with Crippen molar-refractivity contribution in [2.24, 2.45) is 0 Å². The second kappa shape index (κ2) is 6.86. The second-order valence-corrected chi connectivity index (χ2v) is 5.69. The van der Waals surface area contributed by atoms with E-state index in [9.17, 15) is 4.79 Å². The normalized spacial score (nSPS) is 10.5. The van der Waals surface area contributed by atoms with Gasteiger partial charge in [-0.15, -0.1) is 0 Å². The minimum absolute atomic E-state index is 0.0483.